The zero-order chi connectivity index (χ0) is 26.1. The molecular weight excluding hydrogens is 462 g/mol. The van der Waals surface area contributed by atoms with Gasteiger partial charge in [-0.05, 0) is 57.7 Å². The molecule has 0 spiro atoms. The van der Waals surface area contributed by atoms with Crippen molar-refractivity contribution in [3.63, 3.8) is 0 Å². The third kappa shape index (κ3) is 7.82. The minimum Gasteiger partial charge on any atom is -0.444 e. The van der Waals surface area contributed by atoms with Gasteiger partial charge in [0, 0.05) is 37.2 Å². The molecule has 4 amide bonds. The zero-order valence-corrected chi connectivity index (χ0v) is 21.3. The third-order valence-electron chi connectivity index (χ3n) is 5.86. The second-order valence-corrected chi connectivity index (χ2v) is 9.93. The molecule has 0 radical (unpaired) electrons. The summed E-state index contributed by atoms with van der Waals surface area (Å²) >= 11 is 0. The number of carbonyl (C=O) groups is 4. The average molecular weight is 498 g/mol. The molecule has 3 rings (SSSR count). The Kier molecular flexibility index (Phi) is 9.48. The second kappa shape index (κ2) is 12.5. The number of nitrogens with one attached hydrogen (secondary N) is 2. The highest BCUT2D eigenvalue weighted by Gasteiger charge is 2.39. The van der Waals surface area contributed by atoms with Crippen molar-refractivity contribution in [2.24, 2.45) is 0 Å². The SMILES string of the molecule is CC(C)(C)OC(=O)NCCCCCCOCC#Cc1cccc2c1CN(C1CCC(=O)NC1=O)C2=O. The van der Waals surface area contributed by atoms with Crippen LogP contribution < -0.4 is 10.6 Å². The van der Waals surface area contributed by atoms with Gasteiger partial charge in [0.25, 0.3) is 5.91 Å². The van der Waals surface area contributed by atoms with Gasteiger partial charge in [-0.1, -0.05) is 30.7 Å². The van der Waals surface area contributed by atoms with Crippen LogP contribution in [0, 0.1) is 11.8 Å². The van der Waals surface area contributed by atoms with E-state index in [0.717, 1.165) is 36.8 Å². The van der Waals surface area contributed by atoms with Gasteiger partial charge in [0.2, 0.25) is 11.8 Å². The largest absolute Gasteiger partial charge is 0.444 e. The molecule has 1 aromatic carbocycles. The number of ether oxygens (including phenoxy) is 2. The monoisotopic (exact) mass is 497 g/mol. The van der Waals surface area contributed by atoms with E-state index in [1.165, 1.54) is 4.90 Å². The summed E-state index contributed by atoms with van der Waals surface area (Å²) in [6.45, 7) is 7.28. The Morgan fingerprint density at radius 2 is 1.94 bits per heavy atom. The summed E-state index contributed by atoms with van der Waals surface area (Å²) < 4.78 is 10.8. The first-order valence-corrected chi connectivity index (χ1v) is 12.5. The van der Waals surface area contributed by atoms with Gasteiger partial charge >= 0.3 is 6.09 Å². The van der Waals surface area contributed by atoms with Gasteiger partial charge in [-0.3, -0.25) is 19.7 Å². The molecule has 0 aliphatic carbocycles. The number of hydrogen-bond donors (Lipinski definition) is 2. The molecule has 2 heterocycles. The van der Waals surface area contributed by atoms with Crippen molar-refractivity contribution in [3.05, 3.63) is 34.9 Å². The maximum absolute atomic E-state index is 12.9. The Balaban J connectivity index is 1.35. The summed E-state index contributed by atoms with van der Waals surface area (Å²) in [6.07, 6.45) is 3.94. The van der Waals surface area contributed by atoms with E-state index in [1.807, 2.05) is 26.8 Å². The third-order valence-corrected chi connectivity index (χ3v) is 5.86. The second-order valence-electron chi connectivity index (χ2n) is 9.93. The van der Waals surface area contributed by atoms with E-state index >= 15 is 0 Å². The minimum absolute atomic E-state index is 0.208. The van der Waals surface area contributed by atoms with E-state index in [1.54, 1.807) is 12.1 Å². The van der Waals surface area contributed by atoms with Crippen molar-refractivity contribution in [2.45, 2.75) is 77.5 Å². The molecule has 36 heavy (non-hydrogen) atoms. The summed E-state index contributed by atoms with van der Waals surface area (Å²) in [5.74, 6) is 5.17. The van der Waals surface area contributed by atoms with Crippen molar-refractivity contribution >= 4 is 23.8 Å². The molecule has 9 nitrogen and oxygen atoms in total. The molecule has 2 aliphatic heterocycles. The summed E-state index contributed by atoms with van der Waals surface area (Å²) in [5, 5.41) is 5.07. The van der Waals surface area contributed by atoms with Gasteiger partial charge in [0.05, 0.1) is 0 Å². The topological polar surface area (TPSA) is 114 Å². The molecule has 1 aromatic rings. The molecule has 194 valence electrons. The fourth-order valence-corrected chi connectivity index (χ4v) is 4.14. The van der Waals surface area contributed by atoms with Crippen LogP contribution in [0.2, 0.25) is 0 Å². The maximum Gasteiger partial charge on any atom is 0.407 e. The maximum atomic E-state index is 12.9. The molecular formula is C27H35N3O6. The normalized spacial score (nSPS) is 17.2. The van der Waals surface area contributed by atoms with Gasteiger partial charge in [0.1, 0.15) is 18.2 Å². The van der Waals surface area contributed by atoms with Crippen LogP contribution in [0.4, 0.5) is 4.79 Å². The van der Waals surface area contributed by atoms with E-state index in [4.69, 9.17) is 9.47 Å². The standard InChI is InChI=1S/C27H35N3O6/c1-27(2,3)36-26(34)28-15-6-4-5-7-16-35-17-9-11-19-10-8-12-20-21(19)18-30(25(20)33)22-13-14-23(31)29-24(22)32/h8,10,12,22H,4-7,13-18H2,1-3H3,(H,28,34)(H,29,31,32). The number of benzene rings is 1. The number of fused-ring (bicyclic) bond motifs is 1. The van der Waals surface area contributed by atoms with Crippen LogP contribution in [0.25, 0.3) is 0 Å². The summed E-state index contributed by atoms with van der Waals surface area (Å²) in [6, 6.07) is 4.75. The molecule has 1 saturated heterocycles. The Hall–Kier alpha value is -3.38. The number of rotatable bonds is 9. The van der Waals surface area contributed by atoms with E-state index in [0.29, 0.717) is 31.7 Å². The number of imide groups is 1. The van der Waals surface area contributed by atoms with E-state index in [-0.39, 0.29) is 30.9 Å². The van der Waals surface area contributed by atoms with Gasteiger partial charge < -0.3 is 19.7 Å². The van der Waals surface area contributed by atoms with Gasteiger partial charge in [-0.25, -0.2) is 4.79 Å². The smallest absolute Gasteiger partial charge is 0.407 e. The summed E-state index contributed by atoms with van der Waals surface area (Å²) in [5.41, 5.74) is 1.61. The molecule has 1 fully saturated rings. The Morgan fingerprint density at radius 3 is 2.69 bits per heavy atom. The minimum atomic E-state index is -0.639. The van der Waals surface area contributed by atoms with Crippen LogP contribution in [0.3, 0.4) is 0 Å². The fraction of sp³-hybridized carbons (Fsp3) is 0.556. The summed E-state index contributed by atoms with van der Waals surface area (Å²) in [7, 11) is 0. The average Bonchev–Trinajstić information content (AvgIpc) is 3.13. The molecule has 1 unspecified atom stereocenters. The Labute approximate surface area is 212 Å². The molecule has 0 aromatic heterocycles. The molecule has 9 heteroatoms. The molecule has 2 aliphatic rings. The zero-order valence-electron chi connectivity index (χ0n) is 21.3. The van der Waals surface area contributed by atoms with Crippen LogP contribution in [0.15, 0.2) is 18.2 Å². The van der Waals surface area contributed by atoms with Crippen molar-refractivity contribution in [3.8, 4) is 11.8 Å². The quantitative estimate of drug-likeness (QED) is 0.308. The number of hydrogen-bond acceptors (Lipinski definition) is 6. The first kappa shape index (κ1) is 27.2. The lowest BCUT2D eigenvalue weighted by molar-refractivity contribution is -0.136. The number of unbranched alkanes of at least 4 members (excludes halogenated alkanes) is 3. The van der Waals surface area contributed by atoms with Crippen LogP contribution in [-0.4, -0.2) is 60.1 Å². The van der Waals surface area contributed by atoms with Crippen LogP contribution >= 0.6 is 0 Å². The predicted molar refractivity (Wildman–Crippen MR) is 133 cm³/mol. The van der Waals surface area contributed by atoms with Crippen LogP contribution in [0.5, 0.6) is 0 Å². The number of alkyl carbamates (subject to hydrolysis) is 1. The van der Waals surface area contributed by atoms with Gasteiger partial charge in [-0.2, -0.15) is 0 Å². The number of piperidine rings is 1. The lowest BCUT2D eigenvalue weighted by Crippen LogP contribution is -2.52. The Morgan fingerprint density at radius 1 is 1.17 bits per heavy atom. The van der Waals surface area contributed by atoms with Crippen molar-refractivity contribution in [2.75, 3.05) is 19.8 Å². The fourth-order valence-electron chi connectivity index (χ4n) is 4.14. The van der Waals surface area contributed by atoms with Crippen molar-refractivity contribution in [1.82, 2.24) is 15.5 Å². The highest BCUT2D eigenvalue weighted by Crippen LogP contribution is 2.29. The predicted octanol–water partition coefficient (Wildman–Crippen LogP) is 2.90. The van der Waals surface area contributed by atoms with Crippen molar-refractivity contribution in [1.29, 1.82) is 0 Å². The first-order valence-electron chi connectivity index (χ1n) is 12.5. The molecule has 1 atom stereocenters. The van der Waals surface area contributed by atoms with Gasteiger partial charge in [-0.15, -0.1) is 0 Å². The van der Waals surface area contributed by atoms with E-state index in [9.17, 15) is 19.2 Å². The van der Waals surface area contributed by atoms with E-state index < -0.39 is 17.6 Å². The lowest BCUT2D eigenvalue weighted by atomic mass is 10.0. The summed E-state index contributed by atoms with van der Waals surface area (Å²) in [4.78, 5) is 49.6. The lowest BCUT2D eigenvalue weighted by Gasteiger charge is -2.29. The number of carbonyl (C=O) groups excluding carboxylic acids is 4. The van der Waals surface area contributed by atoms with Crippen LogP contribution in [-0.2, 0) is 25.6 Å². The molecule has 2 N–H and O–H groups in total. The highest BCUT2D eigenvalue weighted by molar-refractivity contribution is 6.05. The highest BCUT2D eigenvalue weighted by atomic mass is 16.6. The first-order chi connectivity index (χ1) is 17.2. The Bertz CT molecular complexity index is 1050. The van der Waals surface area contributed by atoms with E-state index in [2.05, 4.69) is 22.5 Å². The molecule has 0 saturated carbocycles. The number of amides is 4. The molecule has 0 bridgehead atoms. The van der Waals surface area contributed by atoms with Crippen LogP contribution in [0.1, 0.15) is 80.8 Å². The number of nitrogens with zero attached hydrogens (tertiary/aromatic N) is 1. The van der Waals surface area contributed by atoms with Crippen molar-refractivity contribution < 1.29 is 28.7 Å². The van der Waals surface area contributed by atoms with Gasteiger partial charge in [0.15, 0.2) is 0 Å².